The SMILES string of the molecule is O=CN1CCc2c([nH]c3ccc(Cl)cc23)[C@@H]1c1ccc(OCCC(O)CN2CCOCC2)cc1. The van der Waals surface area contributed by atoms with Crippen molar-refractivity contribution in [2.45, 2.75) is 25.0 Å². The largest absolute Gasteiger partial charge is 0.493 e. The number of aliphatic hydroxyl groups is 1. The van der Waals surface area contributed by atoms with E-state index < -0.39 is 6.10 Å². The van der Waals surface area contributed by atoms with E-state index in [4.69, 9.17) is 21.1 Å². The number of carbonyl (C=O) groups is 1. The van der Waals surface area contributed by atoms with Crippen LogP contribution in [0.4, 0.5) is 0 Å². The normalized spacial score (nSPS) is 19.7. The summed E-state index contributed by atoms with van der Waals surface area (Å²) in [6.45, 7) is 4.93. The molecule has 3 aromatic rings. The average Bonchev–Trinajstić information content (AvgIpc) is 3.22. The van der Waals surface area contributed by atoms with Gasteiger partial charge in [-0.2, -0.15) is 0 Å². The predicted molar refractivity (Wildman–Crippen MR) is 131 cm³/mol. The number of H-pyrrole nitrogens is 1. The lowest BCUT2D eigenvalue weighted by atomic mass is 9.93. The molecule has 3 heterocycles. The van der Waals surface area contributed by atoms with E-state index in [2.05, 4.69) is 9.88 Å². The van der Waals surface area contributed by atoms with Crippen molar-refractivity contribution in [2.75, 3.05) is 46.0 Å². The van der Waals surface area contributed by atoms with Crippen LogP contribution in [0.15, 0.2) is 42.5 Å². The van der Waals surface area contributed by atoms with Gasteiger partial charge in [-0.1, -0.05) is 23.7 Å². The van der Waals surface area contributed by atoms with E-state index >= 15 is 0 Å². The second-order valence-electron chi connectivity index (χ2n) is 8.98. The lowest BCUT2D eigenvalue weighted by Crippen LogP contribution is -2.41. The maximum Gasteiger partial charge on any atom is 0.210 e. The van der Waals surface area contributed by atoms with Crippen molar-refractivity contribution < 1.29 is 19.4 Å². The molecule has 34 heavy (non-hydrogen) atoms. The van der Waals surface area contributed by atoms with Crippen LogP contribution >= 0.6 is 11.6 Å². The molecule has 2 N–H and O–H groups in total. The van der Waals surface area contributed by atoms with Crippen LogP contribution in [0.1, 0.15) is 29.3 Å². The molecular formula is C26H30ClN3O4. The summed E-state index contributed by atoms with van der Waals surface area (Å²) in [5, 5.41) is 12.1. The summed E-state index contributed by atoms with van der Waals surface area (Å²) < 4.78 is 11.2. The lowest BCUT2D eigenvalue weighted by Gasteiger charge is -2.33. The van der Waals surface area contributed by atoms with Gasteiger partial charge >= 0.3 is 0 Å². The molecule has 1 amide bonds. The molecule has 0 spiro atoms. The number of aromatic amines is 1. The van der Waals surface area contributed by atoms with Crippen molar-refractivity contribution in [3.05, 3.63) is 64.3 Å². The van der Waals surface area contributed by atoms with E-state index in [0.717, 1.165) is 67.0 Å². The number of halogens is 1. The number of benzene rings is 2. The predicted octanol–water partition coefficient (Wildman–Crippen LogP) is 3.39. The van der Waals surface area contributed by atoms with Crippen molar-refractivity contribution >= 4 is 28.9 Å². The summed E-state index contributed by atoms with van der Waals surface area (Å²) in [6.07, 6.45) is 1.86. The number of nitrogens with zero attached hydrogens (tertiary/aromatic N) is 2. The molecule has 0 radical (unpaired) electrons. The van der Waals surface area contributed by atoms with Crippen LogP contribution in [0.25, 0.3) is 10.9 Å². The smallest absolute Gasteiger partial charge is 0.210 e. The summed E-state index contributed by atoms with van der Waals surface area (Å²) in [5.74, 6) is 0.749. The number of β-amino-alcohol motifs (C(OH)–C–C–N with tert-alkyl or cyclic N) is 1. The van der Waals surface area contributed by atoms with Crippen LogP contribution in [0.2, 0.25) is 5.02 Å². The summed E-state index contributed by atoms with van der Waals surface area (Å²) in [6, 6.07) is 13.6. The third-order valence-electron chi connectivity index (χ3n) is 6.75. The molecule has 0 saturated carbocycles. The van der Waals surface area contributed by atoms with E-state index in [1.807, 2.05) is 47.4 Å². The Morgan fingerprint density at radius 2 is 1.97 bits per heavy atom. The number of amides is 1. The molecule has 2 aliphatic heterocycles. The highest BCUT2D eigenvalue weighted by molar-refractivity contribution is 6.31. The Balaban J connectivity index is 1.25. The number of morpholine rings is 1. The zero-order valence-electron chi connectivity index (χ0n) is 19.1. The quantitative estimate of drug-likeness (QED) is 0.480. The van der Waals surface area contributed by atoms with E-state index in [1.165, 1.54) is 5.56 Å². The number of hydrogen-bond donors (Lipinski definition) is 2. The zero-order chi connectivity index (χ0) is 23.5. The standard InChI is InChI=1S/C26H30ClN3O4/c27-19-3-6-24-23(15-19)22-7-9-30(17-31)26(25(22)28-24)18-1-4-21(5-2-18)34-12-8-20(32)16-29-10-13-33-14-11-29/h1-6,15,17,20,26,28,32H,7-14,16H2/t20?,26-/m0/s1. The molecule has 0 aliphatic carbocycles. The molecule has 1 unspecified atom stereocenters. The van der Waals surface area contributed by atoms with Gasteiger partial charge in [-0.3, -0.25) is 9.69 Å². The van der Waals surface area contributed by atoms with E-state index in [-0.39, 0.29) is 6.04 Å². The minimum Gasteiger partial charge on any atom is -0.493 e. The minimum atomic E-state index is -0.422. The van der Waals surface area contributed by atoms with Crippen molar-refractivity contribution in [1.82, 2.24) is 14.8 Å². The van der Waals surface area contributed by atoms with Gasteiger partial charge < -0.3 is 24.5 Å². The number of aliphatic hydroxyl groups excluding tert-OH is 1. The van der Waals surface area contributed by atoms with Crippen molar-refractivity contribution in [2.24, 2.45) is 0 Å². The first kappa shape index (κ1) is 23.2. The highest BCUT2D eigenvalue weighted by atomic mass is 35.5. The highest BCUT2D eigenvalue weighted by Crippen LogP contribution is 2.38. The van der Waals surface area contributed by atoms with Gasteiger partial charge in [0.25, 0.3) is 0 Å². The van der Waals surface area contributed by atoms with Gasteiger partial charge in [0.2, 0.25) is 6.41 Å². The van der Waals surface area contributed by atoms with Gasteiger partial charge in [-0.25, -0.2) is 0 Å². The Kier molecular flexibility index (Phi) is 7.06. The molecule has 2 aliphatic rings. The molecule has 2 atom stereocenters. The number of carbonyl (C=O) groups excluding carboxylic acids is 1. The van der Waals surface area contributed by atoms with Crippen molar-refractivity contribution in [3.63, 3.8) is 0 Å². The molecule has 2 aromatic carbocycles. The van der Waals surface area contributed by atoms with Crippen LogP contribution in [-0.4, -0.2) is 78.4 Å². The van der Waals surface area contributed by atoms with E-state index in [0.29, 0.717) is 31.1 Å². The second kappa shape index (κ2) is 10.4. The fraction of sp³-hybridized carbons (Fsp3) is 0.423. The Morgan fingerprint density at radius 3 is 2.74 bits per heavy atom. The molecule has 1 saturated heterocycles. The molecular weight excluding hydrogens is 454 g/mol. The average molecular weight is 484 g/mol. The molecule has 0 bridgehead atoms. The Hall–Kier alpha value is -2.58. The number of aromatic nitrogens is 1. The second-order valence-corrected chi connectivity index (χ2v) is 9.41. The summed E-state index contributed by atoms with van der Waals surface area (Å²) in [7, 11) is 0. The molecule has 8 heteroatoms. The zero-order valence-corrected chi connectivity index (χ0v) is 19.8. The highest BCUT2D eigenvalue weighted by Gasteiger charge is 2.31. The molecule has 1 aromatic heterocycles. The topological polar surface area (TPSA) is 78.0 Å². The molecule has 180 valence electrons. The number of rotatable bonds is 8. The monoisotopic (exact) mass is 483 g/mol. The first-order chi connectivity index (χ1) is 16.6. The first-order valence-electron chi connectivity index (χ1n) is 11.8. The number of fused-ring (bicyclic) bond motifs is 3. The number of hydrogen-bond acceptors (Lipinski definition) is 5. The van der Waals surface area contributed by atoms with Crippen LogP contribution < -0.4 is 4.74 Å². The molecule has 5 rings (SSSR count). The Morgan fingerprint density at radius 1 is 1.18 bits per heavy atom. The fourth-order valence-corrected chi connectivity index (χ4v) is 5.16. The maximum absolute atomic E-state index is 11.9. The minimum absolute atomic E-state index is 0.183. The first-order valence-corrected chi connectivity index (χ1v) is 12.2. The van der Waals surface area contributed by atoms with Gasteiger partial charge in [0.05, 0.1) is 32.0 Å². The van der Waals surface area contributed by atoms with Gasteiger partial charge in [-0.15, -0.1) is 0 Å². The fourth-order valence-electron chi connectivity index (χ4n) is 4.98. The van der Waals surface area contributed by atoms with Gasteiger partial charge in [0.15, 0.2) is 0 Å². The Labute approximate surface area is 204 Å². The van der Waals surface area contributed by atoms with Gasteiger partial charge in [0, 0.05) is 54.2 Å². The Bertz CT molecular complexity index is 1130. The lowest BCUT2D eigenvalue weighted by molar-refractivity contribution is -0.120. The number of ether oxygens (including phenoxy) is 2. The van der Waals surface area contributed by atoms with Crippen LogP contribution in [0.3, 0.4) is 0 Å². The third-order valence-corrected chi connectivity index (χ3v) is 6.99. The van der Waals surface area contributed by atoms with Crippen LogP contribution in [0, 0.1) is 0 Å². The molecule has 1 fully saturated rings. The summed E-state index contributed by atoms with van der Waals surface area (Å²) in [5.41, 5.74) is 4.30. The third kappa shape index (κ3) is 4.93. The maximum atomic E-state index is 11.9. The van der Waals surface area contributed by atoms with Crippen molar-refractivity contribution in [3.8, 4) is 5.75 Å². The summed E-state index contributed by atoms with van der Waals surface area (Å²) in [4.78, 5) is 19.4. The number of nitrogens with one attached hydrogen (secondary N) is 1. The summed E-state index contributed by atoms with van der Waals surface area (Å²) >= 11 is 6.24. The molecule has 7 nitrogen and oxygen atoms in total. The van der Waals surface area contributed by atoms with Crippen LogP contribution in [0.5, 0.6) is 5.75 Å². The van der Waals surface area contributed by atoms with E-state index in [1.54, 1.807) is 0 Å². The van der Waals surface area contributed by atoms with Crippen LogP contribution in [-0.2, 0) is 16.0 Å². The van der Waals surface area contributed by atoms with Gasteiger partial charge in [0.1, 0.15) is 5.75 Å². The van der Waals surface area contributed by atoms with Gasteiger partial charge in [-0.05, 0) is 47.9 Å². The van der Waals surface area contributed by atoms with E-state index in [9.17, 15) is 9.90 Å². The van der Waals surface area contributed by atoms with Crippen molar-refractivity contribution in [1.29, 1.82) is 0 Å².